The lowest BCUT2D eigenvalue weighted by molar-refractivity contribution is 0.121. The molecule has 4 nitrogen and oxygen atoms in total. The van der Waals surface area contributed by atoms with Gasteiger partial charge in [-0.1, -0.05) is 103 Å². The van der Waals surface area contributed by atoms with E-state index in [-0.39, 0.29) is 12.4 Å². The molecule has 0 spiro atoms. The first-order valence-electron chi connectivity index (χ1n) is 13.4. The molecule has 0 saturated heterocycles. The van der Waals surface area contributed by atoms with E-state index in [0.29, 0.717) is 6.04 Å². The molecule has 0 fully saturated rings. The molecule has 0 amide bonds. The van der Waals surface area contributed by atoms with Gasteiger partial charge < -0.3 is 18.2 Å². The fourth-order valence-corrected chi connectivity index (χ4v) is 6.27. The predicted molar refractivity (Wildman–Crippen MR) is 145 cm³/mol. The zero-order valence-electron chi connectivity index (χ0n) is 22.6. The van der Waals surface area contributed by atoms with Crippen LogP contribution in [0.3, 0.4) is 0 Å². The van der Waals surface area contributed by atoms with E-state index in [2.05, 4.69) is 25.9 Å². The Balaban J connectivity index is 0. The van der Waals surface area contributed by atoms with Crippen LogP contribution in [0.15, 0.2) is 0 Å². The number of halogens is 1. The zero-order chi connectivity index (χ0) is 23.2. The molecule has 0 saturated carbocycles. The molecule has 0 N–H and O–H groups in total. The third-order valence-electron chi connectivity index (χ3n) is 6.82. The van der Waals surface area contributed by atoms with Gasteiger partial charge in [0.1, 0.15) is 0 Å². The van der Waals surface area contributed by atoms with Crippen molar-refractivity contribution in [3.8, 4) is 0 Å². The summed E-state index contributed by atoms with van der Waals surface area (Å²) in [7, 11) is 7.13. The van der Waals surface area contributed by atoms with Crippen molar-refractivity contribution in [3.63, 3.8) is 0 Å². The second-order valence-corrected chi connectivity index (χ2v) is 12.6. The Kier molecular flexibility index (Phi) is 26.4. The lowest BCUT2D eigenvalue weighted by atomic mass is 10.0. The van der Waals surface area contributed by atoms with E-state index in [4.69, 9.17) is 13.3 Å². The first-order chi connectivity index (χ1) is 15.0. The molecular weight excluding hydrogens is 438 g/mol. The van der Waals surface area contributed by atoms with E-state index in [1.165, 1.54) is 109 Å². The predicted octanol–water partition coefficient (Wildman–Crippen LogP) is 8.26. The highest BCUT2D eigenvalue weighted by Crippen LogP contribution is 2.21. The largest absolute Gasteiger partial charge is 0.500 e. The van der Waals surface area contributed by atoms with Crippen LogP contribution in [-0.2, 0) is 13.3 Å². The Morgan fingerprint density at radius 1 is 0.562 bits per heavy atom. The van der Waals surface area contributed by atoms with Crippen molar-refractivity contribution < 1.29 is 13.3 Å². The van der Waals surface area contributed by atoms with Crippen LogP contribution in [0, 0.1) is 0 Å². The molecule has 6 heteroatoms. The first kappa shape index (κ1) is 34.5. The molecule has 1 atom stereocenters. The molecule has 0 aromatic carbocycles. The summed E-state index contributed by atoms with van der Waals surface area (Å²) >= 11 is 0. The van der Waals surface area contributed by atoms with Gasteiger partial charge in [0.05, 0.1) is 0 Å². The monoisotopic (exact) mass is 495 g/mol. The van der Waals surface area contributed by atoms with Crippen LogP contribution in [-0.4, -0.2) is 55.2 Å². The van der Waals surface area contributed by atoms with Crippen LogP contribution in [0.1, 0.15) is 122 Å². The summed E-state index contributed by atoms with van der Waals surface area (Å²) in [6.45, 7) is 2.29. The molecule has 0 radical (unpaired) electrons. The standard InChI is InChI=1S/C26H57NO3Si.ClH/c1-7-8-9-10-11-12-13-14-15-16-17-18-19-20-21-23-26(27(2)3)24-22-25-31(28-4,29-5)30-6;/h26H,7-25H2,1-6H3;1H. The quantitative estimate of drug-likeness (QED) is 0.0995. The van der Waals surface area contributed by atoms with Crippen LogP contribution in [0.2, 0.25) is 6.04 Å². The highest BCUT2D eigenvalue weighted by Gasteiger charge is 2.37. The van der Waals surface area contributed by atoms with Gasteiger partial charge in [0.25, 0.3) is 0 Å². The van der Waals surface area contributed by atoms with Crippen LogP contribution in [0.5, 0.6) is 0 Å². The molecule has 0 aliphatic carbocycles. The van der Waals surface area contributed by atoms with Crippen molar-refractivity contribution >= 4 is 21.2 Å². The summed E-state index contributed by atoms with van der Waals surface area (Å²) in [5, 5.41) is 0. The minimum Gasteiger partial charge on any atom is -0.377 e. The fraction of sp³-hybridized carbons (Fsp3) is 1.00. The Morgan fingerprint density at radius 3 is 1.25 bits per heavy atom. The Labute approximate surface area is 209 Å². The Morgan fingerprint density at radius 2 is 0.906 bits per heavy atom. The number of unbranched alkanes of at least 4 members (excludes halogenated alkanes) is 14. The van der Waals surface area contributed by atoms with Crippen LogP contribution in [0.4, 0.5) is 0 Å². The maximum Gasteiger partial charge on any atom is 0.500 e. The van der Waals surface area contributed by atoms with Gasteiger partial charge in [-0.3, -0.25) is 0 Å². The molecule has 0 bridgehead atoms. The smallest absolute Gasteiger partial charge is 0.377 e. The Hall–Kier alpha value is 0.347. The molecule has 1 unspecified atom stereocenters. The molecule has 196 valence electrons. The lowest BCUT2D eigenvalue weighted by Gasteiger charge is -2.27. The summed E-state index contributed by atoms with van der Waals surface area (Å²) in [6.07, 6.45) is 25.0. The maximum atomic E-state index is 5.55. The van der Waals surface area contributed by atoms with Crippen LogP contribution in [0.25, 0.3) is 0 Å². The molecule has 0 rings (SSSR count). The van der Waals surface area contributed by atoms with Crippen molar-refractivity contribution in [3.05, 3.63) is 0 Å². The minimum absolute atomic E-state index is 0. The molecular formula is C26H58ClNO3Si. The fourth-order valence-electron chi connectivity index (χ4n) is 4.52. The SMILES string of the molecule is CCCCCCCCCCCCCCCCCC(CCC[Si](OC)(OC)OC)N(C)C.Cl. The maximum absolute atomic E-state index is 5.55. The topological polar surface area (TPSA) is 30.9 Å². The van der Waals surface area contributed by atoms with E-state index in [1.54, 1.807) is 21.3 Å². The van der Waals surface area contributed by atoms with Crippen LogP contribution < -0.4 is 0 Å². The summed E-state index contributed by atoms with van der Waals surface area (Å²) in [4.78, 5) is 2.39. The van der Waals surface area contributed by atoms with Crippen molar-refractivity contribution in [2.24, 2.45) is 0 Å². The van der Waals surface area contributed by atoms with E-state index in [0.717, 1.165) is 12.5 Å². The van der Waals surface area contributed by atoms with Gasteiger partial charge in [-0.15, -0.1) is 12.4 Å². The summed E-state index contributed by atoms with van der Waals surface area (Å²) in [6, 6.07) is 1.55. The van der Waals surface area contributed by atoms with Gasteiger partial charge in [0, 0.05) is 33.4 Å². The highest BCUT2D eigenvalue weighted by atomic mass is 35.5. The normalized spacial score (nSPS) is 12.8. The third kappa shape index (κ3) is 18.7. The lowest BCUT2D eigenvalue weighted by Crippen LogP contribution is -2.43. The molecule has 0 aliphatic heterocycles. The third-order valence-corrected chi connectivity index (χ3v) is 9.66. The second-order valence-electron chi connectivity index (χ2n) is 9.54. The van der Waals surface area contributed by atoms with E-state index < -0.39 is 8.80 Å². The van der Waals surface area contributed by atoms with Crippen molar-refractivity contribution in [2.75, 3.05) is 35.4 Å². The van der Waals surface area contributed by atoms with Crippen LogP contribution >= 0.6 is 12.4 Å². The molecule has 32 heavy (non-hydrogen) atoms. The van der Waals surface area contributed by atoms with Crippen molar-refractivity contribution in [1.29, 1.82) is 0 Å². The summed E-state index contributed by atoms with van der Waals surface area (Å²) < 4.78 is 16.6. The number of hydrogen-bond donors (Lipinski definition) is 0. The van der Waals surface area contributed by atoms with Gasteiger partial charge in [-0.05, 0) is 33.4 Å². The zero-order valence-corrected chi connectivity index (χ0v) is 24.4. The Bertz CT molecular complexity index is 363. The minimum atomic E-state index is -2.41. The molecule has 0 aromatic rings. The van der Waals surface area contributed by atoms with Crippen molar-refractivity contribution in [1.82, 2.24) is 4.90 Å². The number of rotatable bonds is 24. The highest BCUT2D eigenvalue weighted by molar-refractivity contribution is 6.60. The van der Waals surface area contributed by atoms with Gasteiger partial charge in [0.2, 0.25) is 0 Å². The molecule has 0 heterocycles. The second kappa shape index (κ2) is 24.5. The van der Waals surface area contributed by atoms with Gasteiger partial charge in [-0.25, -0.2) is 0 Å². The van der Waals surface area contributed by atoms with Crippen molar-refractivity contribution in [2.45, 2.75) is 135 Å². The van der Waals surface area contributed by atoms with E-state index in [9.17, 15) is 0 Å². The van der Waals surface area contributed by atoms with Gasteiger partial charge >= 0.3 is 8.80 Å². The van der Waals surface area contributed by atoms with E-state index in [1.807, 2.05) is 0 Å². The number of nitrogens with zero attached hydrogens (tertiary/aromatic N) is 1. The van der Waals surface area contributed by atoms with E-state index >= 15 is 0 Å². The van der Waals surface area contributed by atoms with Gasteiger partial charge in [-0.2, -0.15) is 0 Å². The average Bonchev–Trinajstić information content (AvgIpc) is 2.78. The summed E-state index contributed by atoms with van der Waals surface area (Å²) in [5.74, 6) is 0. The first-order valence-corrected chi connectivity index (χ1v) is 15.3. The summed E-state index contributed by atoms with van der Waals surface area (Å²) in [5.41, 5.74) is 0. The average molecular weight is 496 g/mol. The molecule has 0 aromatic heterocycles. The van der Waals surface area contributed by atoms with Gasteiger partial charge in [0.15, 0.2) is 0 Å². The number of hydrogen-bond acceptors (Lipinski definition) is 4. The molecule has 0 aliphatic rings.